The van der Waals surface area contributed by atoms with Crippen LogP contribution in [0.25, 0.3) is 0 Å². The quantitative estimate of drug-likeness (QED) is 0.462. The van der Waals surface area contributed by atoms with Crippen LogP contribution in [0.1, 0.15) is 0 Å². The smallest absolute Gasteiger partial charge is 0.209 e. The minimum atomic E-state index is 0.582. The number of carbonyl (C=O) groups is 1. The lowest BCUT2D eigenvalue weighted by Gasteiger charge is -2.10. The van der Waals surface area contributed by atoms with Gasteiger partial charge in [-0.3, -0.25) is 9.63 Å². The molecule has 1 heterocycles. The van der Waals surface area contributed by atoms with Gasteiger partial charge in [0.2, 0.25) is 6.41 Å². The molecule has 0 aromatic heterocycles. The number of nitrogens with one attached hydrogen (secondary N) is 1. The van der Waals surface area contributed by atoms with Crippen molar-refractivity contribution < 1.29 is 9.63 Å². The average molecular weight is 130 g/mol. The fourth-order valence-corrected chi connectivity index (χ4v) is 0.714. The van der Waals surface area contributed by atoms with E-state index in [1.165, 1.54) is 0 Å². The first-order chi connectivity index (χ1) is 4.43. The highest BCUT2D eigenvalue weighted by atomic mass is 16.6. The van der Waals surface area contributed by atoms with E-state index in [1.54, 1.807) is 4.90 Å². The maximum Gasteiger partial charge on any atom is 0.209 e. The predicted molar refractivity (Wildman–Crippen MR) is 31.6 cm³/mol. The molecule has 0 unspecified atom stereocenters. The molecule has 1 aliphatic heterocycles. The zero-order valence-electron chi connectivity index (χ0n) is 5.17. The van der Waals surface area contributed by atoms with E-state index < -0.39 is 0 Å². The predicted octanol–water partition coefficient (Wildman–Crippen LogP) is -1.02. The first kappa shape index (κ1) is 6.51. The fourth-order valence-electron chi connectivity index (χ4n) is 0.714. The summed E-state index contributed by atoms with van der Waals surface area (Å²) in [6.45, 7) is 2.73. The Hall–Kier alpha value is -0.610. The molecule has 0 bridgehead atoms. The van der Waals surface area contributed by atoms with Crippen LogP contribution in [0.2, 0.25) is 0 Å². The largest absolute Gasteiger partial charge is 0.342 e. The minimum absolute atomic E-state index is 0.582. The second kappa shape index (κ2) is 3.42. The van der Waals surface area contributed by atoms with Gasteiger partial charge in [0.25, 0.3) is 0 Å². The summed E-state index contributed by atoms with van der Waals surface area (Å²) >= 11 is 0. The van der Waals surface area contributed by atoms with Crippen molar-refractivity contribution >= 4 is 6.41 Å². The molecule has 9 heavy (non-hydrogen) atoms. The molecule has 1 rings (SSSR count). The number of hydrogen-bond donors (Lipinski definition) is 1. The van der Waals surface area contributed by atoms with Gasteiger partial charge in [-0.25, -0.2) is 5.48 Å². The molecule has 0 aromatic carbocycles. The lowest BCUT2D eigenvalue weighted by molar-refractivity contribution is -0.118. The van der Waals surface area contributed by atoms with Gasteiger partial charge in [-0.05, 0) is 0 Å². The van der Waals surface area contributed by atoms with E-state index in [0.717, 1.165) is 19.5 Å². The molecule has 0 aliphatic carbocycles. The molecule has 1 N–H and O–H groups in total. The third-order valence-electron chi connectivity index (χ3n) is 1.23. The molecule has 4 nitrogen and oxygen atoms in total. The highest BCUT2D eigenvalue weighted by molar-refractivity contribution is 5.46. The Kier molecular flexibility index (Phi) is 2.48. The average Bonchev–Trinajstić information content (AvgIpc) is 2.13. The summed E-state index contributed by atoms with van der Waals surface area (Å²) in [4.78, 5) is 16.7. The van der Waals surface area contributed by atoms with Crippen LogP contribution in [0, 0.1) is 0 Å². The van der Waals surface area contributed by atoms with Gasteiger partial charge in [0.1, 0.15) is 0 Å². The van der Waals surface area contributed by atoms with Gasteiger partial charge in [0, 0.05) is 19.6 Å². The summed E-state index contributed by atoms with van der Waals surface area (Å²) in [5.41, 5.74) is 2.71. The monoisotopic (exact) mass is 130 g/mol. The first-order valence-corrected chi connectivity index (χ1v) is 2.97. The third-order valence-corrected chi connectivity index (χ3v) is 1.23. The number of hydrogen-bond acceptors (Lipinski definition) is 3. The van der Waals surface area contributed by atoms with Gasteiger partial charge in [-0.1, -0.05) is 0 Å². The third kappa shape index (κ3) is 1.99. The van der Waals surface area contributed by atoms with Crippen molar-refractivity contribution in [2.45, 2.75) is 0 Å². The van der Waals surface area contributed by atoms with Crippen molar-refractivity contribution in [2.75, 3.05) is 26.2 Å². The van der Waals surface area contributed by atoms with Gasteiger partial charge in [-0.15, -0.1) is 0 Å². The summed E-state index contributed by atoms with van der Waals surface area (Å²) in [5, 5.41) is 0. The number of hydroxylamine groups is 1. The van der Waals surface area contributed by atoms with Crippen LogP contribution in [0.5, 0.6) is 0 Å². The molecule has 4 heteroatoms. The van der Waals surface area contributed by atoms with Crippen LogP contribution in [-0.4, -0.2) is 37.6 Å². The van der Waals surface area contributed by atoms with E-state index in [1.807, 2.05) is 0 Å². The second-order valence-corrected chi connectivity index (χ2v) is 1.88. The lowest BCUT2D eigenvalue weighted by atomic mass is 10.5. The summed E-state index contributed by atoms with van der Waals surface area (Å²) in [6, 6.07) is 0. The van der Waals surface area contributed by atoms with Gasteiger partial charge in [-0.2, -0.15) is 0 Å². The maximum atomic E-state index is 10.2. The van der Waals surface area contributed by atoms with Crippen LogP contribution in [-0.2, 0) is 9.63 Å². The van der Waals surface area contributed by atoms with Gasteiger partial charge < -0.3 is 4.90 Å². The van der Waals surface area contributed by atoms with Crippen molar-refractivity contribution in [2.24, 2.45) is 0 Å². The molecular weight excluding hydrogens is 120 g/mol. The molecule has 0 radical (unpaired) electrons. The SMILES string of the molecule is O=CN1CCNOCC1. The molecule has 1 saturated heterocycles. The standard InChI is InChI=1S/C5H10N2O2/c8-5-7-2-1-6-9-4-3-7/h5-6H,1-4H2. The first-order valence-electron chi connectivity index (χ1n) is 2.97. The Morgan fingerprint density at radius 2 is 2.44 bits per heavy atom. The van der Waals surface area contributed by atoms with E-state index in [-0.39, 0.29) is 0 Å². The summed E-state index contributed by atoms with van der Waals surface area (Å²) in [5.74, 6) is 0. The highest BCUT2D eigenvalue weighted by Crippen LogP contribution is 1.85. The summed E-state index contributed by atoms with van der Waals surface area (Å²) in [6.07, 6.45) is 0.844. The van der Waals surface area contributed by atoms with Crippen LogP contribution in [0.4, 0.5) is 0 Å². The number of nitrogens with zero attached hydrogens (tertiary/aromatic N) is 1. The zero-order chi connectivity index (χ0) is 6.53. The molecule has 0 spiro atoms. The molecule has 0 saturated carbocycles. The van der Waals surface area contributed by atoms with E-state index in [0.29, 0.717) is 13.2 Å². The number of amides is 1. The van der Waals surface area contributed by atoms with Crippen molar-refractivity contribution in [3.8, 4) is 0 Å². The van der Waals surface area contributed by atoms with E-state index in [9.17, 15) is 4.79 Å². The Labute approximate surface area is 53.7 Å². The lowest BCUT2D eigenvalue weighted by Crippen LogP contribution is -2.26. The second-order valence-electron chi connectivity index (χ2n) is 1.88. The molecule has 0 aromatic rings. The Bertz CT molecular complexity index is 89.0. The normalized spacial score (nSPS) is 21.1. The van der Waals surface area contributed by atoms with Crippen molar-refractivity contribution in [1.29, 1.82) is 0 Å². The van der Waals surface area contributed by atoms with Crippen LogP contribution in [0.15, 0.2) is 0 Å². The summed E-state index contributed by atoms with van der Waals surface area (Å²) in [7, 11) is 0. The van der Waals surface area contributed by atoms with Crippen molar-refractivity contribution in [1.82, 2.24) is 10.4 Å². The minimum Gasteiger partial charge on any atom is -0.342 e. The molecule has 0 atom stereocenters. The highest BCUT2D eigenvalue weighted by Gasteiger charge is 2.03. The van der Waals surface area contributed by atoms with E-state index in [4.69, 9.17) is 4.84 Å². The Morgan fingerprint density at radius 1 is 1.56 bits per heavy atom. The topological polar surface area (TPSA) is 41.6 Å². The van der Waals surface area contributed by atoms with Crippen LogP contribution < -0.4 is 5.48 Å². The van der Waals surface area contributed by atoms with Gasteiger partial charge >= 0.3 is 0 Å². The van der Waals surface area contributed by atoms with Gasteiger partial charge in [0.05, 0.1) is 6.61 Å². The van der Waals surface area contributed by atoms with Crippen molar-refractivity contribution in [3.63, 3.8) is 0 Å². The molecule has 1 aliphatic rings. The summed E-state index contributed by atoms with van der Waals surface area (Å²) < 4.78 is 0. The number of carbonyl (C=O) groups excluding carboxylic acids is 1. The fraction of sp³-hybridized carbons (Fsp3) is 0.800. The zero-order valence-corrected chi connectivity index (χ0v) is 5.17. The number of rotatable bonds is 1. The molecule has 1 fully saturated rings. The van der Waals surface area contributed by atoms with Gasteiger partial charge in [0.15, 0.2) is 0 Å². The van der Waals surface area contributed by atoms with Crippen LogP contribution >= 0.6 is 0 Å². The Morgan fingerprint density at radius 3 is 3.22 bits per heavy atom. The van der Waals surface area contributed by atoms with Crippen LogP contribution in [0.3, 0.4) is 0 Å². The van der Waals surface area contributed by atoms with Crippen molar-refractivity contribution in [3.05, 3.63) is 0 Å². The van der Waals surface area contributed by atoms with E-state index >= 15 is 0 Å². The molecule has 1 amide bonds. The maximum absolute atomic E-state index is 10.2. The Balaban J connectivity index is 2.26. The van der Waals surface area contributed by atoms with E-state index in [2.05, 4.69) is 5.48 Å². The molecule has 52 valence electrons. The molecular formula is C5H10N2O2.